The molecule has 0 radical (unpaired) electrons. The molecule has 1 amide bonds. The number of amides is 1. The number of carbonyl (C=O) groups excluding carboxylic acids is 1. The van der Waals surface area contributed by atoms with Crippen molar-refractivity contribution >= 4 is 23.5 Å². The van der Waals surface area contributed by atoms with Crippen molar-refractivity contribution in [1.82, 2.24) is 4.90 Å². The van der Waals surface area contributed by atoms with E-state index in [0.717, 1.165) is 11.3 Å². The number of rotatable bonds is 7. The van der Waals surface area contributed by atoms with Crippen molar-refractivity contribution in [1.29, 1.82) is 0 Å². The molecule has 1 fully saturated rings. The van der Waals surface area contributed by atoms with Gasteiger partial charge in [-0.1, -0.05) is 30.3 Å². The summed E-state index contributed by atoms with van der Waals surface area (Å²) in [5.41, 5.74) is 1.59. The van der Waals surface area contributed by atoms with E-state index in [0.29, 0.717) is 42.8 Å². The summed E-state index contributed by atoms with van der Waals surface area (Å²) in [6.07, 6.45) is -3.09. The van der Waals surface area contributed by atoms with Gasteiger partial charge in [0.05, 0.1) is 5.60 Å². The average molecular weight is 503 g/mol. The van der Waals surface area contributed by atoms with E-state index >= 15 is 0 Å². The van der Waals surface area contributed by atoms with Gasteiger partial charge in [0, 0.05) is 35.7 Å². The Hall–Kier alpha value is -3.17. The first kappa shape index (κ1) is 24.9. The molecule has 3 aromatic carbocycles. The van der Waals surface area contributed by atoms with Crippen LogP contribution in [0.5, 0.6) is 5.75 Å². The number of hydrogen-bond acceptors (Lipinski definition) is 5. The number of nitrogens with one attached hydrogen (secondary N) is 1. The van der Waals surface area contributed by atoms with E-state index in [1.54, 1.807) is 29.2 Å². The molecule has 1 heterocycles. The predicted octanol–water partition coefficient (Wildman–Crippen LogP) is 5.91. The van der Waals surface area contributed by atoms with E-state index < -0.39 is 12.0 Å². The fraction of sp³-hybridized carbons (Fsp3) is 0.269. The first-order chi connectivity index (χ1) is 16.7. The van der Waals surface area contributed by atoms with E-state index in [1.807, 2.05) is 30.3 Å². The highest BCUT2D eigenvalue weighted by Crippen LogP contribution is 2.29. The summed E-state index contributed by atoms with van der Waals surface area (Å²) in [6, 6.07) is 22.4. The van der Waals surface area contributed by atoms with E-state index in [2.05, 4.69) is 9.46 Å². The maximum atomic E-state index is 12.9. The Balaban J connectivity index is 1.27. The molecule has 5 nitrogen and oxygen atoms in total. The number of likely N-dealkylation sites (tertiary alicyclic amines) is 1. The molecule has 4 rings (SSSR count). The van der Waals surface area contributed by atoms with Crippen molar-refractivity contribution < 1.29 is 27.8 Å². The zero-order valence-electron chi connectivity index (χ0n) is 18.8. The molecule has 0 saturated carbocycles. The van der Waals surface area contributed by atoms with Gasteiger partial charge in [-0.25, -0.2) is 0 Å². The molecule has 35 heavy (non-hydrogen) atoms. The lowest BCUT2D eigenvalue weighted by molar-refractivity contribution is -0.274. The SMILES string of the molecule is O=C(c1ccc(NSc2ccc(OC(F)(F)F)cc2)cc1)N1CCC(O)(Cc2ccccc2)CC1. The van der Waals surface area contributed by atoms with E-state index in [-0.39, 0.29) is 11.7 Å². The highest BCUT2D eigenvalue weighted by Gasteiger charge is 2.34. The first-order valence-corrected chi connectivity index (χ1v) is 12.0. The number of ether oxygens (including phenoxy) is 1. The maximum absolute atomic E-state index is 12.9. The Kier molecular flexibility index (Phi) is 7.57. The molecular formula is C26H25F3N2O3S. The number of aliphatic hydroxyl groups is 1. The number of piperidine rings is 1. The highest BCUT2D eigenvalue weighted by molar-refractivity contribution is 8.00. The van der Waals surface area contributed by atoms with Crippen LogP contribution in [0, 0.1) is 0 Å². The quantitative estimate of drug-likeness (QED) is 0.393. The van der Waals surface area contributed by atoms with Crippen LogP contribution in [0.1, 0.15) is 28.8 Å². The number of hydrogen-bond donors (Lipinski definition) is 2. The minimum atomic E-state index is -4.72. The second kappa shape index (κ2) is 10.6. The van der Waals surface area contributed by atoms with Crippen LogP contribution < -0.4 is 9.46 Å². The predicted molar refractivity (Wildman–Crippen MR) is 129 cm³/mol. The highest BCUT2D eigenvalue weighted by atomic mass is 32.2. The first-order valence-electron chi connectivity index (χ1n) is 11.1. The topological polar surface area (TPSA) is 61.8 Å². The monoisotopic (exact) mass is 502 g/mol. The molecule has 0 aliphatic carbocycles. The molecule has 1 aliphatic rings. The molecule has 2 N–H and O–H groups in total. The van der Waals surface area contributed by atoms with Gasteiger partial charge in [0.1, 0.15) is 5.75 Å². The summed E-state index contributed by atoms with van der Waals surface area (Å²) < 4.78 is 43.7. The van der Waals surface area contributed by atoms with Crippen LogP contribution >= 0.6 is 11.9 Å². The van der Waals surface area contributed by atoms with Crippen molar-refractivity contribution in [2.24, 2.45) is 0 Å². The number of alkyl halides is 3. The molecule has 1 saturated heterocycles. The third kappa shape index (κ3) is 7.16. The zero-order chi connectivity index (χ0) is 24.9. The Morgan fingerprint density at radius 3 is 2.20 bits per heavy atom. The number of nitrogens with zero attached hydrogens (tertiary/aromatic N) is 1. The summed E-state index contributed by atoms with van der Waals surface area (Å²) in [4.78, 5) is 15.4. The van der Waals surface area contributed by atoms with Gasteiger partial charge in [0.15, 0.2) is 0 Å². The second-order valence-corrected chi connectivity index (χ2v) is 9.36. The van der Waals surface area contributed by atoms with Crippen LogP contribution in [-0.4, -0.2) is 41.0 Å². The van der Waals surface area contributed by atoms with Crippen molar-refractivity contribution in [2.45, 2.75) is 36.1 Å². The van der Waals surface area contributed by atoms with Gasteiger partial charge in [-0.15, -0.1) is 13.2 Å². The zero-order valence-corrected chi connectivity index (χ0v) is 19.6. The van der Waals surface area contributed by atoms with Gasteiger partial charge in [-0.2, -0.15) is 0 Å². The standard InChI is InChI=1S/C26H25F3N2O3S/c27-26(28,29)34-22-10-12-23(13-11-22)35-30-21-8-6-20(7-9-21)24(32)31-16-14-25(33,15-17-31)18-19-4-2-1-3-5-19/h1-13,30,33H,14-18H2. The second-order valence-electron chi connectivity index (χ2n) is 8.48. The van der Waals surface area contributed by atoms with E-state index in [4.69, 9.17) is 0 Å². The lowest BCUT2D eigenvalue weighted by Crippen LogP contribution is -2.47. The van der Waals surface area contributed by atoms with Gasteiger partial charge in [0.2, 0.25) is 0 Å². The Bertz CT molecular complexity index is 1120. The van der Waals surface area contributed by atoms with Gasteiger partial charge in [-0.05, 0) is 78.9 Å². The lowest BCUT2D eigenvalue weighted by Gasteiger charge is -2.38. The van der Waals surface area contributed by atoms with Crippen molar-refractivity contribution in [3.8, 4) is 5.75 Å². The van der Waals surface area contributed by atoms with E-state index in [1.165, 1.54) is 36.2 Å². The van der Waals surface area contributed by atoms with Gasteiger partial charge < -0.3 is 19.5 Å². The van der Waals surface area contributed by atoms with Gasteiger partial charge in [-0.3, -0.25) is 4.79 Å². The van der Waals surface area contributed by atoms with Crippen molar-refractivity contribution in [2.75, 3.05) is 17.8 Å². The molecule has 0 aromatic heterocycles. The van der Waals surface area contributed by atoms with Crippen molar-refractivity contribution in [3.63, 3.8) is 0 Å². The number of halogens is 3. The van der Waals surface area contributed by atoms with Gasteiger partial charge in [0.25, 0.3) is 5.91 Å². The summed E-state index contributed by atoms with van der Waals surface area (Å²) in [5.74, 6) is -0.354. The normalized spacial score (nSPS) is 15.5. The maximum Gasteiger partial charge on any atom is 0.573 e. The fourth-order valence-corrected chi connectivity index (χ4v) is 4.61. The van der Waals surface area contributed by atoms with Crippen LogP contribution in [0.4, 0.5) is 18.9 Å². The fourth-order valence-electron chi connectivity index (χ4n) is 3.97. The lowest BCUT2D eigenvalue weighted by atomic mass is 9.85. The number of carbonyl (C=O) groups is 1. The van der Waals surface area contributed by atoms with Crippen LogP contribution in [-0.2, 0) is 6.42 Å². The summed E-state index contributed by atoms with van der Waals surface area (Å²) in [6.45, 7) is 0.984. The van der Waals surface area contributed by atoms with Crippen LogP contribution in [0.15, 0.2) is 83.8 Å². The third-order valence-electron chi connectivity index (χ3n) is 5.83. The Labute approximate surface area is 206 Å². The third-order valence-corrected chi connectivity index (χ3v) is 6.68. The Morgan fingerprint density at radius 2 is 1.60 bits per heavy atom. The van der Waals surface area contributed by atoms with E-state index in [9.17, 15) is 23.1 Å². The average Bonchev–Trinajstić information content (AvgIpc) is 2.83. The molecule has 0 bridgehead atoms. The minimum absolute atomic E-state index is 0.0776. The smallest absolute Gasteiger partial charge is 0.406 e. The number of benzene rings is 3. The summed E-state index contributed by atoms with van der Waals surface area (Å²) in [7, 11) is 0. The largest absolute Gasteiger partial charge is 0.573 e. The van der Waals surface area contributed by atoms with Crippen LogP contribution in [0.3, 0.4) is 0 Å². The molecule has 0 unspecified atom stereocenters. The van der Waals surface area contributed by atoms with Gasteiger partial charge >= 0.3 is 6.36 Å². The minimum Gasteiger partial charge on any atom is -0.406 e. The molecule has 1 aliphatic heterocycles. The molecule has 0 spiro atoms. The van der Waals surface area contributed by atoms with Crippen LogP contribution in [0.25, 0.3) is 0 Å². The molecule has 9 heteroatoms. The summed E-state index contributed by atoms with van der Waals surface area (Å²) in [5, 5.41) is 10.9. The number of anilines is 1. The molecule has 184 valence electrons. The van der Waals surface area contributed by atoms with Crippen molar-refractivity contribution in [3.05, 3.63) is 90.0 Å². The Morgan fingerprint density at radius 1 is 0.971 bits per heavy atom. The summed E-state index contributed by atoms with van der Waals surface area (Å²) >= 11 is 1.23. The molecule has 3 aromatic rings. The van der Waals surface area contributed by atoms with Crippen LogP contribution in [0.2, 0.25) is 0 Å². The molecular weight excluding hydrogens is 477 g/mol. The molecule has 0 atom stereocenters.